The van der Waals surface area contributed by atoms with E-state index in [1.165, 1.54) is 0 Å². The summed E-state index contributed by atoms with van der Waals surface area (Å²) in [6, 6.07) is 1.90. The van der Waals surface area contributed by atoms with Crippen molar-refractivity contribution in [1.29, 1.82) is 0 Å². The van der Waals surface area contributed by atoms with Gasteiger partial charge in [-0.15, -0.1) is 10.2 Å². The van der Waals surface area contributed by atoms with E-state index >= 15 is 0 Å². The zero-order valence-corrected chi connectivity index (χ0v) is 9.55. The number of methoxy groups -OCH3 is 1. The summed E-state index contributed by atoms with van der Waals surface area (Å²) in [4.78, 5) is 4.04. The Balaban J connectivity index is 2.12. The van der Waals surface area contributed by atoms with Crippen LogP contribution in [0.15, 0.2) is 18.5 Å². The molecule has 1 aliphatic rings. The van der Waals surface area contributed by atoms with Crippen molar-refractivity contribution in [2.24, 2.45) is 0 Å². The van der Waals surface area contributed by atoms with E-state index in [-0.39, 0.29) is 0 Å². The molecule has 0 saturated carbocycles. The highest BCUT2D eigenvalue weighted by Gasteiger charge is 2.18. The van der Waals surface area contributed by atoms with Gasteiger partial charge in [0.1, 0.15) is 11.6 Å². The molecule has 1 N–H and O–H groups in total. The van der Waals surface area contributed by atoms with E-state index in [0.29, 0.717) is 0 Å². The van der Waals surface area contributed by atoms with Crippen LogP contribution >= 0.6 is 0 Å². The summed E-state index contributed by atoms with van der Waals surface area (Å²) < 4.78 is 7.42. The van der Waals surface area contributed by atoms with E-state index < -0.39 is 0 Å². The maximum atomic E-state index is 5.30. The Bertz CT molecular complexity index is 536. The molecule has 2 aromatic heterocycles. The Kier molecular flexibility index (Phi) is 2.49. The SMILES string of the molecule is COc1cnccc1-c1nnc2n1CCNC2. The maximum Gasteiger partial charge on any atom is 0.167 e. The van der Waals surface area contributed by atoms with Gasteiger partial charge in [-0.3, -0.25) is 4.98 Å². The summed E-state index contributed by atoms with van der Waals surface area (Å²) in [6.45, 7) is 2.58. The summed E-state index contributed by atoms with van der Waals surface area (Å²) in [5.74, 6) is 2.53. The lowest BCUT2D eigenvalue weighted by atomic mass is 10.2. The van der Waals surface area contributed by atoms with Gasteiger partial charge in [-0.1, -0.05) is 0 Å². The molecule has 0 aliphatic carbocycles. The number of nitrogens with zero attached hydrogens (tertiary/aromatic N) is 4. The summed E-state index contributed by atoms with van der Waals surface area (Å²) in [5.41, 5.74) is 0.933. The van der Waals surface area contributed by atoms with Crippen molar-refractivity contribution in [2.75, 3.05) is 13.7 Å². The molecule has 0 spiro atoms. The van der Waals surface area contributed by atoms with Gasteiger partial charge < -0.3 is 14.6 Å². The lowest BCUT2D eigenvalue weighted by Gasteiger charge is -2.16. The highest BCUT2D eigenvalue weighted by Crippen LogP contribution is 2.28. The Hall–Kier alpha value is -1.95. The molecular weight excluding hydrogens is 218 g/mol. The van der Waals surface area contributed by atoms with Gasteiger partial charge in [-0.2, -0.15) is 0 Å². The van der Waals surface area contributed by atoms with Crippen molar-refractivity contribution in [1.82, 2.24) is 25.1 Å². The molecule has 6 nitrogen and oxygen atoms in total. The molecule has 0 fully saturated rings. The molecule has 0 radical (unpaired) electrons. The minimum atomic E-state index is 0.723. The van der Waals surface area contributed by atoms with Crippen molar-refractivity contribution in [3.05, 3.63) is 24.3 Å². The molecule has 3 rings (SSSR count). The molecule has 0 unspecified atom stereocenters. The molecule has 0 atom stereocenters. The highest BCUT2D eigenvalue weighted by atomic mass is 16.5. The van der Waals surface area contributed by atoms with Crippen LogP contribution in [0, 0.1) is 0 Å². The molecule has 6 heteroatoms. The fraction of sp³-hybridized carbons (Fsp3) is 0.364. The first-order valence-corrected chi connectivity index (χ1v) is 5.51. The second kappa shape index (κ2) is 4.14. The number of hydrogen-bond acceptors (Lipinski definition) is 5. The first-order chi connectivity index (χ1) is 8.40. The predicted molar refractivity (Wildman–Crippen MR) is 61.5 cm³/mol. The molecule has 2 aromatic rings. The summed E-state index contributed by atoms with van der Waals surface area (Å²) in [5, 5.41) is 11.7. The van der Waals surface area contributed by atoms with E-state index in [1.54, 1.807) is 19.5 Å². The number of aromatic nitrogens is 4. The monoisotopic (exact) mass is 231 g/mol. The third-order valence-corrected chi connectivity index (χ3v) is 2.87. The third kappa shape index (κ3) is 1.66. The smallest absolute Gasteiger partial charge is 0.167 e. The number of fused-ring (bicyclic) bond motifs is 1. The largest absolute Gasteiger partial charge is 0.494 e. The van der Waals surface area contributed by atoms with Gasteiger partial charge in [-0.25, -0.2) is 0 Å². The van der Waals surface area contributed by atoms with Gasteiger partial charge in [0, 0.05) is 19.3 Å². The molecular formula is C11H13N5O. The summed E-state index contributed by atoms with van der Waals surface area (Å²) >= 11 is 0. The van der Waals surface area contributed by atoms with Crippen molar-refractivity contribution >= 4 is 0 Å². The summed E-state index contributed by atoms with van der Waals surface area (Å²) in [7, 11) is 1.63. The van der Waals surface area contributed by atoms with E-state index in [1.807, 2.05) is 6.07 Å². The number of ether oxygens (including phenoxy) is 1. The number of rotatable bonds is 2. The zero-order valence-electron chi connectivity index (χ0n) is 9.55. The minimum Gasteiger partial charge on any atom is -0.494 e. The van der Waals surface area contributed by atoms with Gasteiger partial charge in [-0.05, 0) is 6.07 Å². The van der Waals surface area contributed by atoms with Crippen molar-refractivity contribution in [3.8, 4) is 17.1 Å². The zero-order chi connectivity index (χ0) is 11.7. The molecule has 88 valence electrons. The van der Waals surface area contributed by atoms with E-state index in [0.717, 1.165) is 42.6 Å². The molecule has 17 heavy (non-hydrogen) atoms. The molecule has 3 heterocycles. The maximum absolute atomic E-state index is 5.30. The molecule has 0 saturated heterocycles. The highest BCUT2D eigenvalue weighted by molar-refractivity contribution is 5.63. The Morgan fingerprint density at radius 3 is 3.24 bits per heavy atom. The lowest BCUT2D eigenvalue weighted by Crippen LogP contribution is -2.28. The molecule has 0 amide bonds. The molecule has 0 bridgehead atoms. The molecule has 0 aromatic carbocycles. The number of hydrogen-bond donors (Lipinski definition) is 1. The van der Waals surface area contributed by atoms with E-state index in [9.17, 15) is 0 Å². The van der Waals surface area contributed by atoms with Crippen LogP contribution in [0.2, 0.25) is 0 Å². The van der Waals surface area contributed by atoms with Crippen molar-refractivity contribution in [3.63, 3.8) is 0 Å². The Morgan fingerprint density at radius 2 is 2.35 bits per heavy atom. The average Bonchev–Trinajstić information content (AvgIpc) is 2.82. The Labute approximate surface area is 98.7 Å². The normalized spacial score (nSPS) is 14.4. The van der Waals surface area contributed by atoms with Gasteiger partial charge in [0.15, 0.2) is 5.82 Å². The quantitative estimate of drug-likeness (QED) is 0.813. The first kappa shape index (κ1) is 10.2. The topological polar surface area (TPSA) is 64.9 Å². The van der Waals surface area contributed by atoms with Crippen molar-refractivity contribution < 1.29 is 4.74 Å². The van der Waals surface area contributed by atoms with Gasteiger partial charge in [0.05, 0.1) is 25.4 Å². The average molecular weight is 231 g/mol. The number of pyridine rings is 1. The van der Waals surface area contributed by atoms with E-state index in [2.05, 4.69) is 25.1 Å². The number of nitrogens with one attached hydrogen (secondary N) is 1. The third-order valence-electron chi connectivity index (χ3n) is 2.87. The van der Waals surface area contributed by atoms with Crippen LogP contribution in [0.5, 0.6) is 5.75 Å². The van der Waals surface area contributed by atoms with Crippen LogP contribution in [0.3, 0.4) is 0 Å². The second-order valence-electron chi connectivity index (χ2n) is 3.84. The van der Waals surface area contributed by atoms with Gasteiger partial charge in [0.25, 0.3) is 0 Å². The van der Waals surface area contributed by atoms with Crippen LogP contribution in [0.25, 0.3) is 11.4 Å². The summed E-state index contributed by atoms with van der Waals surface area (Å²) in [6.07, 6.45) is 3.43. The van der Waals surface area contributed by atoms with Crippen LogP contribution in [-0.2, 0) is 13.1 Å². The van der Waals surface area contributed by atoms with Crippen LogP contribution in [0.1, 0.15) is 5.82 Å². The van der Waals surface area contributed by atoms with Crippen LogP contribution in [-0.4, -0.2) is 33.4 Å². The van der Waals surface area contributed by atoms with Crippen molar-refractivity contribution in [2.45, 2.75) is 13.1 Å². The molecule has 1 aliphatic heterocycles. The second-order valence-corrected chi connectivity index (χ2v) is 3.84. The predicted octanol–water partition coefficient (Wildman–Crippen LogP) is 0.452. The fourth-order valence-electron chi connectivity index (χ4n) is 2.02. The first-order valence-electron chi connectivity index (χ1n) is 5.51. The van der Waals surface area contributed by atoms with Crippen LogP contribution in [0.4, 0.5) is 0 Å². The fourth-order valence-corrected chi connectivity index (χ4v) is 2.02. The lowest BCUT2D eigenvalue weighted by molar-refractivity contribution is 0.413. The van der Waals surface area contributed by atoms with Gasteiger partial charge >= 0.3 is 0 Å². The van der Waals surface area contributed by atoms with E-state index in [4.69, 9.17) is 4.74 Å². The standard InChI is InChI=1S/C11H13N5O/c1-17-9-6-12-3-2-8(9)11-15-14-10-7-13-4-5-16(10)11/h2-3,6,13H,4-5,7H2,1H3. The van der Waals surface area contributed by atoms with Gasteiger partial charge in [0.2, 0.25) is 0 Å². The minimum absolute atomic E-state index is 0.723. The van der Waals surface area contributed by atoms with Crippen LogP contribution < -0.4 is 10.1 Å². The Morgan fingerprint density at radius 1 is 1.41 bits per heavy atom.